The SMILES string of the molecule is O=C(/C=C\c1ccsc1)c1ccc(O)cc1. The largest absolute Gasteiger partial charge is 0.508 e. The van der Waals surface area contributed by atoms with E-state index in [0.29, 0.717) is 5.56 Å². The zero-order valence-corrected chi connectivity index (χ0v) is 9.28. The van der Waals surface area contributed by atoms with Gasteiger partial charge in [0.2, 0.25) is 0 Å². The lowest BCUT2D eigenvalue weighted by Crippen LogP contribution is -1.92. The van der Waals surface area contributed by atoms with Gasteiger partial charge in [0.25, 0.3) is 0 Å². The van der Waals surface area contributed by atoms with Gasteiger partial charge in [-0.25, -0.2) is 0 Å². The molecule has 0 saturated carbocycles. The predicted molar refractivity (Wildman–Crippen MR) is 65.8 cm³/mol. The van der Waals surface area contributed by atoms with Crippen molar-refractivity contribution in [1.29, 1.82) is 0 Å². The number of benzene rings is 1. The van der Waals surface area contributed by atoms with Crippen LogP contribution in [0, 0.1) is 0 Å². The molecule has 2 nitrogen and oxygen atoms in total. The van der Waals surface area contributed by atoms with Gasteiger partial charge in [-0.15, -0.1) is 0 Å². The molecule has 0 fully saturated rings. The number of allylic oxidation sites excluding steroid dienone is 1. The second-order valence-electron chi connectivity index (χ2n) is 3.30. The molecule has 0 unspecified atom stereocenters. The van der Waals surface area contributed by atoms with Crippen LogP contribution in [0.25, 0.3) is 6.08 Å². The Morgan fingerprint density at radius 3 is 2.56 bits per heavy atom. The molecule has 0 bridgehead atoms. The number of phenolic OH excluding ortho intramolecular Hbond substituents is 1. The number of carbonyl (C=O) groups is 1. The van der Waals surface area contributed by atoms with Gasteiger partial charge in [0.1, 0.15) is 5.75 Å². The normalized spacial score (nSPS) is 10.8. The van der Waals surface area contributed by atoms with E-state index in [1.807, 2.05) is 16.8 Å². The summed E-state index contributed by atoms with van der Waals surface area (Å²) in [6.07, 6.45) is 3.32. The highest BCUT2D eigenvalue weighted by atomic mass is 32.1. The lowest BCUT2D eigenvalue weighted by atomic mass is 10.1. The van der Waals surface area contributed by atoms with Gasteiger partial charge in [-0.05, 0) is 52.7 Å². The van der Waals surface area contributed by atoms with Crippen LogP contribution in [0.1, 0.15) is 15.9 Å². The van der Waals surface area contributed by atoms with E-state index in [9.17, 15) is 4.79 Å². The molecule has 0 aliphatic carbocycles. The van der Waals surface area contributed by atoms with E-state index < -0.39 is 0 Å². The van der Waals surface area contributed by atoms with Crippen molar-refractivity contribution >= 4 is 23.2 Å². The molecule has 0 aliphatic rings. The van der Waals surface area contributed by atoms with Gasteiger partial charge < -0.3 is 5.11 Å². The summed E-state index contributed by atoms with van der Waals surface area (Å²) in [5.74, 6) is 0.101. The van der Waals surface area contributed by atoms with Crippen molar-refractivity contribution in [2.45, 2.75) is 0 Å². The summed E-state index contributed by atoms with van der Waals surface area (Å²) in [5.41, 5.74) is 1.60. The minimum absolute atomic E-state index is 0.0637. The lowest BCUT2D eigenvalue weighted by Gasteiger charge is -1.95. The van der Waals surface area contributed by atoms with E-state index in [0.717, 1.165) is 5.56 Å². The van der Waals surface area contributed by atoms with Gasteiger partial charge in [-0.1, -0.05) is 6.08 Å². The maximum absolute atomic E-state index is 11.7. The van der Waals surface area contributed by atoms with Crippen LogP contribution in [0.4, 0.5) is 0 Å². The van der Waals surface area contributed by atoms with E-state index in [1.54, 1.807) is 29.5 Å². The van der Waals surface area contributed by atoms with Gasteiger partial charge in [0.15, 0.2) is 5.78 Å². The zero-order chi connectivity index (χ0) is 11.4. The first-order valence-corrected chi connectivity index (χ1v) is 5.73. The highest BCUT2D eigenvalue weighted by molar-refractivity contribution is 7.08. The Bertz CT molecular complexity index is 495. The summed E-state index contributed by atoms with van der Waals surface area (Å²) < 4.78 is 0. The summed E-state index contributed by atoms with van der Waals surface area (Å²) in [7, 11) is 0. The zero-order valence-electron chi connectivity index (χ0n) is 8.46. The van der Waals surface area contributed by atoms with Crippen molar-refractivity contribution in [2.24, 2.45) is 0 Å². The van der Waals surface area contributed by atoms with E-state index >= 15 is 0 Å². The smallest absolute Gasteiger partial charge is 0.185 e. The molecule has 80 valence electrons. The number of phenols is 1. The summed E-state index contributed by atoms with van der Waals surface area (Å²) >= 11 is 1.59. The second-order valence-corrected chi connectivity index (χ2v) is 4.08. The maximum atomic E-state index is 11.7. The Labute approximate surface area is 97.5 Å². The van der Waals surface area contributed by atoms with E-state index in [1.165, 1.54) is 18.2 Å². The Morgan fingerprint density at radius 2 is 1.94 bits per heavy atom. The van der Waals surface area contributed by atoms with Crippen molar-refractivity contribution in [3.05, 3.63) is 58.3 Å². The molecule has 0 atom stereocenters. The number of hydrogen-bond donors (Lipinski definition) is 1. The first-order chi connectivity index (χ1) is 7.75. The maximum Gasteiger partial charge on any atom is 0.185 e. The molecule has 16 heavy (non-hydrogen) atoms. The number of carbonyl (C=O) groups excluding carboxylic acids is 1. The highest BCUT2D eigenvalue weighted by Gasteiger charge is 2.00. The van der Waals surface area contributed by atoms with Gasteiger partial charge >= 0.3 is 0 Å². The van der Waals surface area contributed by atoms with Gasteiger partial charge in [-0.2, -0.15) is 11.3 Å². The molecular weight excluding hydrogens is 220 g/mol. The monoisotopic (exact) mass is 230 g/mol. The molecule has 1 N–H and O–H groups in total. The highest BCUT2D eigenvalue weighted by Crippen LogP contribution is 2.12. The molecule has 0 radical (unpaired) electrons. The van der Waals surface area contributed by atoms with Crippen LogP contribution in [-0.4, -0.2) is 10.9 Å². The van der Waals surface area contributed by atoms with E-state index in [2.05, 4.69) is 0 Å². The Kier molecular flexibility index (Phi) is 3.17. The van der Waals surface area contributed by atoms with Crippen molar-refractivity contribution in [2.75, 3.05) is 0 Å². The van der Waals surface area contributed by atoms with Crippen molar-refractivity contribution < 1.29 is 9.90 Å². The fraction of sp³-hybridized carbons (Fsp3) is 0. The Morgan fingerprint density at radius 1 is 1.19 bits per heavy atom. The van der Waals surface area contributed by atoms with Crippen molar-refractivity contribution in [1.82, 2.24) is 0 Å². The van der Waals surface area contributed by atoms with Crippen LogP contribution in [-0.2, 0) is 0 Å². The Hall–Kier alpha value is -1.87. The van der Waals surface area contributed by atoms with Gasteiger partial charge in [-0.3, -0.25) is 4.79 Å². The molecule has 2 rings (SSSR count). The quantitative estimate of drug-likeness (QED) is 0.648. The van der Waals surface area contributed by atoms with Gasteiger partial charge in [0, 0.05) is 5.56 Å². The third-order valence-corrected chi connectivity index (χ3v) is 2.82. The lowest BCUT2D eigenvalue weighted by molar-refractivity contribution is 0.104. The van der Waals surface area contributed by atoms with Crippen molar-refractivity contribution in [3.8, 4) is 5.75 Å². The summed E-state index contributed by atoms with van der Waals surface area (Å²) in [6, 6.07) is 8.17. The molecule has 1 aromatic heterocycles. The average molecular weight is 230 g/mol. The molecule has 1 heterocycles. The molecule has 2 aromatic rings. The van der Waals surface area contributed by atoms with E-state index in [4.69, 9.17) is 5.11 Å². The number of rotatable bonds is 3. The summed E-state index contributed by atoms with van der Waals surface area (Å²) in [5, 5.41) is 13.0. The van der Waals surface area contributed by atoms with E-state index in [-0.39, 0.29) is 11.5 Å². The topological polar surface area (TPSA) is 37.3 Å². The minimum Gasteiger partial charge on any atom is -0.508 e. The predicted octanol–water partition coefficient (Wildman–Crippen LogP) is 3.35. The number of aromatic hydroxyl groups is 1. The van der Waals surface area contributed by atoms with Crippen LogP contribution >= 0.6 is 11.3 Å². The first kappa shape index (κ1) is 10.6. The molecule has 0 aliphatic heterocycles. The second kappa shape index (κ2) is 4.77. The average Bonchev–Trinajstić information content (AvgIpc) is 2.80. The Balaban J connectivity index is 2.11. The molecule has 0 amide bonds. The number of ketones is 1. The van der Waals surface area contributed by atoms with Crippen LogP contribution in [0.2, 0.25) is 0 Å². The number of thiophene rings is 1. The fourth-order valence-electron chi connectivity index (χ4n) is 1.26. The van der Waals surface area contributed by atoms with Crippen LogP contribution in [0.15, 0.2) is 47.2 Å². The third-order valence-electron chi connectivity index (χ3n) is 2.12. The van der Waals surface area contributed by atoms with Crippen LogP contribution < -0.4 is 0 Å². The molecular formula is C13H10O2S. The van der Waals surface area contributed by atoms with Crippen LogP contribution in [0.5, 0.6) is 5.75 Å². The minimum atomic E-state index is -0.0637. The summed E-state index contributed by atoms with van der Waals surface area (Å²) in [4.78, 5) is 11.7. The molecule has 3 heteroatoms. The fourth-order valence-corrected chi connectivity index (χ4v) is 1.89. The standard InChI is InChI=1S/C13H10O2S/c14-12-4-2-11(3-5-12)13(15)6-1-10-7-8-16-9-10/h1-9,14H/b6-1-. The van der Waals surface area contributed by atoms with Crippen LogP contribution in [0.3, 0.4) is 0 Å². The van der Waals surface area contributed by atoms with Crippen molar-refractivity contribution in [3.63, 3.8) is 0 Å². The first-order valence-electron chi connectivity index (χ1n) is 4.79. The number of hydrogen-bond acceptors (Lipinski definition) is 3. The molecule has 1 aromatic carbocycles. The third kappa shape index (κ3) is 2.58. The molecule has 0 spiro atoms. The molecule has 0 saturated heterocycles. The summed E-state index contributed by atoms with van der Waals surface area (Å²) in [6.45, 7) is 0. The van der Waals surface area contributed by atoms with Gasteiger partial charge in [0.05, 0.1) is 0 Å².